The van der Waals surface area contributed by atoms with Crippen LogP contribution in [0.3, 0.4) is 0 Å². The highest BCUT2D eigenvalue weighted by Crippen LogP contribution is 2.17. The summed E-state index contributed by atoms with van der Waals surface area (Å²) >= 11 is 0. The van der Waals surface area contributed by atoms with E-state index in [1.54, 1.807) is 0 Å². The van der Waals surface area contributed by atoms with Crippen molar-refractivity contribution in [2.24, 2.45) is 0 Å². The maximum atomic E-state index is 12.4. The summed E-state index contributed by atoms with van der Waals surface area (Å²) < 4.78 is 7.14. The molecule has 0 saturated carbocycles. The molecule has 0 unspecified atom stereocenters. The minimum Gasteiger partial charge on any atom is -0.462 e. The molecule has 0 aliphatic rings. The van der Waals surface area contributed by atoms with Gasteiger partial charge in [-0.1, -0.05) is 30.3 Å². The lowest BCUT2D eigenvalue weighted by molar-refractivity contribution is -0.148. The molecule has 1 heterocycles. The standard InChI is InChI=1S/C22H25N3O3/c1-15(2)28-21(26)14-25-19-11-7-6-10-18(19)24-20(25)12-13-23-22(27)17-9-5-4-8-16(17)3/h4-11,15H,12-14H2,1-3H3,(H,23,27). The van der Waals surface area contributed by atoms with Crippen LogP contribution in [-0.2, 0) is 22.5 Å². The Labute approximate surface area is 164 Å². The van der Waals surface area contributed by atoms with Crippen LogP contribution in [0, 0.1) is 6.92 Å². The van der Waals surface area contributed by atoms with Gasteiger partial charge in [-0.2, -0.15) is 0 Å². The van der Waals surface area contributed by atoms with Crippen molar-refractivity contribution >= 4 is 22.9 Å². The number of aromatic nitrogens is 2. The third-order valence-electron chi connectivity index (χ3n) is 4.41. The Kier molecular flexibility index (Phi) is 6.09. The summed E-state index contributed by atoms with van der Waals surface area (Å²) in [5.74, 6) is 0.329. The first-order valence-corrected chi connectivity index (χ1v) is 9.43. The number of benzene rings is 2. The van der Waals surface area contributed by atoms with Crippen LogP contribution >= 0.6 is 0 Å². The van der Waals surface area contributed by atoms with Gasteiger partial charge in [-0.25, -0.2) is 4.98 Å². The number of hydrogen-bond donors (Lipinski definition) is 1. The number of imidazole rings is 1. The first kappa shape index (κ1) is 19.6. The second-order valence-electron chi connectivity index (χ2n) is 6.96. The van der Waals surface area contributed by atoms with E-state index in [1.807, 2.05) is 73.9 Å². The summed E-state index contributed by atoms with van der Waals surface area (Å²) in [6, 6.07) is 15.1. The highest BCUT2D eigenvalue weighted by molar-refractivity contribution is 5.95. The Morgan fingerprint density at radius 2 is 1.82 bits per heavy atom. The number of rotatable bonds is 7. The lowest BCUT2D eigenvalue weighted by Gasteiger charge is -2.12. The Morgan fingerprint density at radius 1 is 1.11 bits per heavy atom. The molecule has 28 heavy (non-hydrogen) atoms. The first-order chi connectivity index (χ1) is 13.5. The zero-order valence-corrected chi connectivity index (χ0v) is 16.4. The van der Waals surface area contributed by atoms with E-state index in [0.717, 1.165) is 22.4 Å². The zero-order chi connectivity index (χ0) is 20.1. The predicted molar refractivity (Wildman–Crippen MR) is 108 cm³/mol. The second kappa shape index (κ2) is 8.69. The van der Waals surface area contributed by atoms with E-state index in [2.05, 4.69) is 10.3 Å². The van der Waals surface area contributed by atoms with Crippen molar-refractivity contribution < 1.29 is 14.3 Å². The Morgan fingerprint density at radius 3 is 2.57 bits per heavy atom. The number of carbonyl (C=O) groups excluding carboxylic acids is 2. The van der Waals surface area contributed by atoms with Crippen molar-refractivity contribution in [2.75, 3.05) is 6.54 Å². The van der Waals surface area contributed by atoms with Gasteiger partial charge in [0.1, 0.15) is 12.4 Å². The quantitative estimate of drug-likeness (QED) is 0.640. The van der Waals surface area contributed by atoms with Crippen molar-refractivity contribution in [3.8, 4) is 0 Å². The smallest absolute Gasteiger partial charge is 0.326 e. The van der Waals surface area contributed by atoms with Gasteiger partial charge in [0.15, 0.2) is 0 Å². The van der Waals surface area contributed by atoms with Gasteiger partial charge in [-0.15, -0.1) is 0 Å². The molecule has 1 N–H and O–H groups in total. The minimum absolute atomic E-state index is 0.0970. The van der Waals surface area contributed by atoms with Crippen LogP contribution in [0.4, 0.5) is 0 Å². The summed E-state index contributed by atoms with van der Waals surface area (Å²) in [6.07, 6.45) is 0.348. The number of ether oxygens (including phenoxy) is 1. The van der Waals surface area contributed by atoms with Crippen molar-refractivity contribution in [1.29, 1.82) is 0 Å². The molecule has 3 rings (SSSR count). The molecule has 6 nitrogen and oxygen atoms in total. The Hall–Kier alpha value is -3.15. The Balaban J connectivity index is 1.73. The van der Waals surface area contributed by atoms with Crippen molar-refractivity contribution in [3.05, 3.63) is 65.5 Å². The van der Waals surface area contributed by atoms with Gasteiger partial charge in [0.25, 0.3) is 5.91 Å². The van der Waals surface area contributed by atoms with E-state index in [4.69, 9.17) is 4.74 Å². The number of nitrogens with zero attached hydrogens (tertiary/aromatic N) is 2. The summed E-state index contributed by atoms with van der Waals surface area (Å²) in [6.45, 7) is 6.09. The highest BCUT2D eigenvalue weighted by atomic mass is 16.5. The molecular weight excluding hydrogens is 354 g/mol. The van der Waals surface area contributed by atoms with Gasteiger partial charge < -0.3 is 14.6 Å². The topological polar surface area (TPSA) is 73.2 Å². The van der Waals surface area contributed by atoms with E-state index in [9.17, 15) is 9.59 Å². The van der Waals surface area contributed by atoms with Gasteiger partial charge in [0.2, 0.25) is 0 Å². The molecular formula is C22H25N3O3. The zero-order valence-electron chi connectivity index (χ0n) is 16.4. The summed E-state index contributed by atoms with van der Waals surface area (Å²) in [5.41, 5.74) is 3.30. The number of carbonyl (C=O) groups is 2. The van der Waals surface area contributed by atoms with Crippen LogP contribution in [0.15, 0.2) is 48.5 Å². The fourth-order valence-electron chi connectivity index (χ4n) is 3.13. The molecule has 1 aromatic heterocycles. The molecule has 0 bridgehead atoms. The molecule has 6 heteroatoms. The van der Waals surface area contributed by atoms with Gasteiger partial charge in [-0.05, 0) is 44.5 Å². The van der Waals surface area contributed by atoms with E-state index in [1.165, 1.54) is 0 Å². The third kappa shape index (κ3) is 4.57. The number of aryl methyl sites for hydroxylation is 1. The average molecular weight is 379 g/mol. The number of para-hydroxylation sites is 2. The molecule has 0 spiro atoms. The van der Waals surface area contributed by atoms with E-state index >= 15 is 0 Å². The molecule has 2 aromatic carbocycles. The second-order valence-corrected chi connectivity index (χ2v) is 6.96. The van der Waals surface area contributed by atoms with Crippen LogP contribution in [0.5, 0.6) is 0 Å². The summed E-state index contributed by atoms with van der Waals surface area (Å²) in [4.78, 5) is 29.2. The number of amides is 1. The van der Waals surface area contributed by atoms with Gasteiger partial charge in [-0.3, -0.25) is 9.59 Å². The van der Waals surface area contributed by atoms with Gasteiger partial charge >= 0.3 is 5.97 Å². The maximum Gasteiger partial charge on any atom is 0.326 e. The van der Waals surface area contributed by atoms with Crippen molar-refractivity contribution in [3.63, 3.8) is 0 Å². The minimum atomic E-state index is -0.302. The number of nitrogens with one attached hydrogen (secondary N) is 1. The van der Waals surface area contributed by atoms with Crippen LogP contribution in [-0.4, -0.2) is 34.1 Å². The average Bonchev–Trinajstić information content (AvgIpc) is 2.99. The molecule has 0 atom stereocenters. The molecule has 0 aliphatic carbocycles. The SMILES string of the molecule is Cc1ccccc1C(=O)NCCc1nc2ccccc2n1CC(=O)OC(C)C. The molecule has 0 radical (unpaired) electrons. The molecule has 146 valence electrons. The monoisotopic (exact) mass is 379 g/mol. The van der Waals surface area contributed by atoms with Crippen molar-refractivity contribution in [2.45, 2.75) is 39.8 Å². The predicted octanol–water partition coefficient (Wildman–Crippen LogP) is 3.27. The largest absolute Gasteiger partial charge is 0.462 e. The number of fused-ring (bicyclic) bond motifs is 1. The molecule has 1 amide bonds. The third-order valence-corrected chi connectivity index (χ3v) is 4.41. The van der Waals surface area contributed by atoms with Crippen LogP contribution in [0.25, 0.3) is 11.0 Å². The van der Waals surface area contributed by atoms with Crippen LogP contribution in [0.1, 0.15) is 35.6 Å². The van der Waals surface area contributed by atoms with Crippen LogP contribution in [0.2, 0.25) is 0 Å². The van der Waals surface area contributed by atoms with Crippen molar-refractivity contribution in [1.82, 2.24) is 14.9 Å². The lowest BCUT2D eigenvalue weighted by atomic mass is 10.1. The van der Waals surface area contributed by atoms with E-state index < -0.39 is 0 Å². The van der Waals surface area contributed by atoms with Gasteiger partial charge in [0.05, 0.1) is 17.1 Å². The van der Waals surface area contributed by atoms with E-state index in [0.29, 0.717) is 18.5 Å². The van der Waals surface area contributed by atoms with E-state index in [-0.39, 0.29) is 24.5 Å². The first-order valence-electron chi connectivity index (χ1n) is 9.43. The molecule has 0 aliphatic heterocycles. The summed E-state index contributed by atoms with van der Waals surface area (Å²) in [7, 11) is 0. The Bertz CT molecular complexity index is 992. The molecule has 0 fully saturated rings. The lowest BCUT2D eigenvalue weighted by Crippen LogP contribution is -2.27. The molecule has 0 saturated heterocycles. The molecule has 3 aromatic rings. The normalized spacial score (nSPS) is 11.0. The fourth-order valence-corrected chi connectivity index (χ4v) is 3.13. The maximum absolute atomic E-state index is 12.4. The fraction of sp³-hybridized carbons (Fsp3) is 0.318. The number of esters is 1. The van der Waals surface area contributed by atoms with Gasteiger partial charge in [0, 0.05) is 18.5 Å². The number of hydrogen-bond acceptors (Lipinski definition) is 4. The van der Waals surface area contributed by atoms with Crippen LogP contribution < -0.4 is 5.32 Å². The highest BCUT2D eigenvalue weighted by Gasteiger charge is 2.15. The summed E-state index contributed by atoms with van der Waals surface area (Å²) in [5, 5.41) is 2.94.